The summed E-state index contributed by atoms with van der Waals surface area (Å²) in [4.78, 5) is 15.9. The molecule has 0 saturated carbocycles. The van der Waals surface area contributed by atoms with Gasteiger partial charge in [0.15, 0.2) is 0 Å². The number of rotatable bonds is 4. The van der Waals surface area contributed by atoms with E-state index in [2.05, 4.69) is 26.0 Å². The van der Waals surface area contributed by atoms with Crippen LogP contribution in [0.4, 0.5) is 0 Å². The van der Waals surface area contributed by atoms with E-state index in [1.54, 1.807) is 24.5 Å². The Bertz CT molecular complexity index is 949. The molecule has 1 aromatic carbocycles. The molecule has 0 aliphatic rings. The predicted octanol–water partition coefficient (Wildman–Crippen LogP) is 2.74. The molecule has 5 nitrogen and oxygen atoms in total. The molecule has 0 aliphatic carbocycles. The lowest BCUT2D eigenvalue weighted by atomic mass is 10.1. The molecule has 2 aromatic heterocycles. The van der Waals surface area contributed by atoms with Crippen LogP contribution in [0.2, 0.25) is 0 Å². The van der Waals surface area contributed by atoms with E-state index >= 15 is 0 Å². The smallest absolute Gasteiger partial charge is 0.272 e. The average Bonchev–Trinajstić information content (AvgIpc) is 2.88. The van der Waals surface area contributed by atoms with Gasteiger partial charge in [-0.15, -0.1) is 6.42 Å². The largest absolute Gasteiger partial charge is 0.333 e. The number of para-hydroxylation sites is 1. The second-order valence-electron chi connectivity index (χ2n) is 5.25. The molecule has 0 unspecified atom stereocenters. The van der Waals surface area contributed by atoms with Gasteiger partial charge in [0.1, 0.15) is 0 Å². The van der Waals surface area contributed by atoms with Crippen molar-refractivity contribution in [1.29, 1.82) is 0 Å². The normalized spacial score (nSPS) is 10.8. The van der Waals surface area contributed by atoms with E-state index in [-0.39, 0.29) is 5.91 Å². The molecule has 0 atom stereocenters. The van der Waals surface area contributed by atoms with Gasteiger partial charge in [-0.2, -0.15) is 5.10 Å². The van der Waals surface area contributed by atoms with E-state index in [0.717, 1.165) is 22.2 Å². The summed E-state index contributed by atoms with van der Waals surface area (Å²) < 4.78 is 2.06. The first-order valence-electron chi connectivity index (χ1n) is 7.47. The molecule has 24 heavy (non-hydrogen) atoms. The number of hydrogen-bond acceptors (Lipinski definition) is 3. The molecule has 3 aromatic rings. The van der Waals surface area contributed by atoms with Crippen LogP contribution in [0.1, 0.15) is 21.6 Å². The van der Waals surface area contributed by atoms with Crippen LogP contribution in [-0.2, 0) is 6.54 Å². The molecular weight excluding hydrogens is 300 g/mol. The lowest BCUT2D eigenvalue weighted by Crippen LogP contribution is -2.17. The molecule has 0 spiro atoms. The molecular formula is C19H16N4O. The van der Waals surface area contributed by atoms with E-state index in [1.807, 2.05) is 31.2 Å². The van der Waals surface area contributed by atoms with Gasteiger partial charge >= 0.3 is 0 Å². The molecule has 0 radical (unpaired) electrons. The lowest BCUT2D eigenvalue weighted by Gasteiger charge is -2.02. The fourth-order valence-electron chi connectivity index (χ4n) is 2.63. The second-order valence-corrected chi connectivity index (χ2v) is 5.25. The Morgan fingerprint density at radius 1 is 1.38 bits per heavy atom. The molecule has 2 heterocycles. The Labute approximate surface area is 140 Å². The van der Waals surface area contributed by atoms with Crippen LogP contribution in [0.15, 0.2) is 53.9 Å². The fourth-order valence-corrected chi connectivity index (χ4v) is 2.63. The van der Waals surface area contributed by atoms with Crippen LogP contribution in [0.25, 0.3) is 10.9 Å². The van der Waals surface area contributed by atoms with Gasteiger partial charge in [-0.3, -0.25) is 9.78 Å². The maximum Gasteiger partial charge on any atom is 0.272 e. The van der Waals surface area contributed by atoms with Crippen molar-refractivity contribution in [2.24, 2.45) is 5.10 Å². The lowest BCUT2D eigenvalue weighted by molar-refractivity contribution is 0.0955. The third-order valence-corrected chi connectivity index (χ3v) is 3.81. The highest BCUT2D eigenvalue weighted by atomic mass is 16.2. The summed E-state index contributed by atoms with van der Waals surface area (Å²) in [6.07, 6.45) is 10.2. The van der Waals surface area contributed by atoms with Crippen LogP contribution in [0, 0.1) is 19.3 Å². The van der Waals surface area contributed by atoms with Gasteiger partial charge in [0.25, 0.3) is 5.91 Å². The first kappa shape index (κ1) is 15.5. The maximum absolute atomic E-state index is 12.0. The molecule has 0 fully saturated rings. The Hall–Kier alpha value is -3.39. The van der Waals surface area contributed by atoms with Crippen LogP contribution < -0.4 is 5.43 Å². The SMILES string of the molecule is C#CCn1c(C)c(/C=N/NC(=O)c2cccnc2)c2ccccc21. The zero-order valence-electron chi connectivity index (χ0n) is 13.2. The van der Waals surface area contributed by atoms with Gasteiger partial charge in [-0.1, -0.05) is 24.1 Å². The third kappa shape index (κ3) is 2.90. The second kappa shape index (κ2) is 6.80. The van der Waals surface area contributed by atoms with Crippen molar-refractivity contribution in [2.45, 2.75) is 13.5 Å². The van der Waals surface area contributed by atoms with E-state index in [0.29, 0.717) is 12.1 Å². The number of carbonyl (C=O) groups excluding carboxylic acids is 1. The van der Waals surface area contributed by atoms with E-state index in [1.165, 1.54) is 6.20 Å². The van der Waals surface area contributed by atoms with Crippen LogP contribution in [-0.4, -0.2) is 21.7 Å². The minimum absolute atomic E-state index is 0.302. The summed E-state index contributed by atoms with van der Waals surface area (Å²) >= 11 is 0. The van der Waals surface area contributed by atoms with Gasteiger partial charge < -0.3 is 4.57 Å². The van der Waals surface area contributed by atoms with Crippen molar-refractivity contribution in [3.8, 4) is 12.3 Å². The number of fused-ring (bicyclic) bond motifs is 1. The monoisotopic (exact) mass is 316 g/mol. The van der Waals surface area contributed by atoms with E-state index in [9.17, 15) is 4.79 Å². The summed E-state index contributed by atoms with van der Waals surface area (Å²) in [7, 11) is 0. The Kier molecular flexibility index (Phi) is 4.39. The summed E-state index contributed by atoms with van der Waals surface area (Å²) in [5.74, 6) is 2.37. The van der Waals surface area contributed by atoms with Crippen molar-refractivity contribution < 1.29 is 4.79 Å². The Morgan fingerprint density at radius 3 is 2.96 bits per heavy atom. The van der Waals surface area contributed by atoms with E-state index < -0.39 is 0 Å². The number of nitrogens with one attached hydrogen (secondary N) is 1. The van der Waals surface area contributed by atoms with Gasteiger partial charge in [0.2, 0.25) is 0 Å². The van der Waals surface area contributed by atoms with Crippen molar-refractivity contribution in [3.63, 3.8) is 0 Å². The van der Waals surface area contributed by atoms with Gasteiger partial charge in [-0.25, -0.2) is 5.43 Å². The van der Waals surface area contributed by atoms with Crippen LogP contribution >= 0.6 is 0 Å². The summed E-state index contributed by atoms with van der Waals surface area (Å²) in [6.45, 7) is 2.48. The van der Waals surface area contributed by atoms with E-state index in [4.69, 9.17) is 6.42 Å². The number of nitrogens with zero attached hydrogens (tertiary/aromatic N) is 3. The number of terminal acetylenes is 1. The first-order chi connectivity index (χ1) is 11.7. The summed E-state index contributed by atoms with van der Waals surface area (Å²) in [6, 6.07) is 11.4. The summed E-state index contributed by atoms with van der Waals surface area (Å²) in [5, 5.41) is 5.13. The Morgan fingerprint density at radius 2 is 2.21 bits per heavy atom. The van der Waals surface area contributed by atoms with Crippen molar-refractivity contribution in [3.05, 3.63) is 65.6 Å². The number of hydrazone groups is 1. The average molecular weight is 316 g/mol. The number of pyridine rings is 1. The molecule has 0 bridgehead atoms. The zero-order chi connectivity index (χ0) is 16.9. The van der Waals surface area contributed by atoms with Crippen molar-refractivity contribution >= 4 is 23.0 Å². The zero-order valence-corrected chi connectivity index (χ0v) is 13.2. The molecule has 3 rings (SSSR count). The molecule has 0 aliphatic heterocycles. The van der Waals surface area contributed by atoms with Crippen LogP contribution in [0.5, 0.6) is 0 Å². The maximum atomic E-state index is 12.0. The topological polar surface area (TPSA) is 59.3 Å². The Balaban J connectivity index is 1.89. The minimum atomic E-state index is -0.302. The predicted molar refractivity (Wildman–Crippen MR) is 94.8 cm³/mol. The minimum Gasteiger partial charge on any atom is -0.333 e. The van der Waals surface area contributed by atoms with Gasteiger partial charge in [0, 0.05) is 34.6 Å². The standard InChI is InChI=1S/C19H16N4O/c1-3-11-23-14(2)17(16-8-4-5-9-18(16)23)13-21-22-19(24)15-7-6-10-20-12-15/h1,4-10,12-13H,11H2,2H3,(H,22,24)/b21-13+. The number of carbonyl (C=O) groups is 1. The molecule has 1 amide bonds. The van der Waals surface area contributed by atoms with Gasteiger partial charge in [0.05, 0.1) is 18.3 Å². The molecule has 118 valence electrons. The summed E-state index contributed by atoms with van der Waals surface area (Å²) in [5.41, 5.74) is 5.98. The number of hydrogen-bond donors (Lipinski definition) is 1. The third-order valence-electron chi connectivity index (χ3n) is 3.81. The van der Waals surface area contributed by atoms with Crippen molar-refractivity contribution in [1.82, 2.24) is 15.0 Å². The first-order valence-corrected chi connectivity index (χ1v) is 7.47. The molecule has 5 heteroatoms. The van der Waals surface area contributed by atoms with Gasteiger partial charge in [-0.05, 0) is 25.1 Å². The van der Waals surface area contributed by atoms with Crippen LogP contribution in [0.3, 0.4) is 0 Å². The number of aromatic nitrogens is 2. The highest BCUT2D eigenvalue weighted by Crippen LogP contribution is 2.24. The van der Waals surface area contributed by atoms with Crippen molar-refractivity contribution in [2.75, 3.05) is 0 Å². The number of benzene rings is 1. The molecule has 1 N–H and O–H groups in total. The fraction of sp³-hybridized carbons (Fsp3) is 0.105. The quantitative estimate of drug-likeness (QED) is 0.457. The highest BCUT2D eigenvalue weighted by Gasteiger charge is 2.11. The molecule has 0 saturated heterocycles. The highest BCUT2D eigenvalue weighted by molar-refractivity contribution is 6.02. The number of amides is 1.